The van der Waals surface area contributed by atoms with Crippen LogP contribution in [0.3, 0.4) is 0 Å². The Morgan fingerprint density at radius 3 is 2.24 bits per heavy atom. The molecule has 0 bridgehead atoms. The van der Waals surface area contributed by atoms with Crippen LogP contribution < -0.4 is 0 Å². The number of hydrogen-bond donors (Lipinski definition) is 0. The number of cyclic esters (lactones) is 1. The SMILES string of the molecule is CCOC(=O)[C@H](OC(=O)[C@H]1CCC(=O)O1)c1c2ccccc2cc2ccccc12. The van der Waals surface area contributed by atoms with Crippen molar-refractivity contribution in [3.05, 3.63) is 60.2 Å². The van der Waals surface area contributed by atoms with Crippen LogP contribution in [0.25, 0.3) is 21.5 Å². The van der Waals surface area contributed by atoms with Gasteiger partial charge < -0.3 is 14.2 Å². The lowest BCUT2D eigenvalue weighted by molar-refractivity contribution is -0.175. The van der Waals surface area contributed by atoms with E-state index in [0.29, 0.717) is 5.56 Å². The third-order valence-corrected chi connectivity index (χ3v) is 4.96. The summed E-state index contributed by atoms with van der Waals surface area (Å²) in [5.74, 6) is -1.85. The Balaban J connectivity index is 1.85. The second-order valence-corrected chi connectivity index (χ2v) is 6.82. The quantitative estimate of drug-likeness (QED) is 0.373. The van der Waals surface area contributed by atoms with Gasteiger partial charge in [-0.3, -0.25) is 4.79 Å². The molecule has 29 heavy (non-hydrogen) atoms. The van der Waals surface area contributed by atoms with Crippen molar-refractivity contribution < 1.29 is 28.6 Å². The number of benzene rings is 3. The van der Waals surface area contributed by atoms with Gasteiger partial charge in [-0.2, -0.15) is 0 Å². The second kappa shape index (κ2) is 7.91. The van der Waals surface area contributed by atoms with Crippen LogP contribution in [-0.4, -0.2) is 30.6 Å². The smallest absolute Gasteiger partial charge is 0.352 e. The number of carbonyl (C=O) groups excluding carboxylic acids is 3. The molecule has 148 valence electrons. The van der Waals surface area contributed by atoms with Gasteiger partial charge in [0.1, 0.15) is 0 Å². The highest BCUT2D eigenvalue weighted by Gasteiger charge is 2.36. The van der Waals surface area contributed by atoms with Crippen molar-refractivity contribution in [1.29, 1.82) is 0 Å². The average molecular weight is 392 g/mol. The zero-order chi connectivity index (χ0) is 20.4. The van der Waals surface area contributed by atoms with Crippen LogP contribution in [0.1, 0.15) is 31.4 Å². The van der Waals surface area contributed by atoms with Crippen molar-refractivity contribution in [2.75, 3.05) is 6.61 Å². The molecule has 1 fully saturated rings. The fraction of sp³-hybridized carbons (Fsp3) is 0.261. The maximum absolute atomic E-state index is 12.8. The first-order valence-electron chi connectivity index (χ1n) is 9.55. The normalized spacial score (nSPS) is 17.1. The van der Waals surface area contributed by atoms with Gasteiger partial charge in [0.15, 0.2) is 6.10 Å². The molecule has 0 spiro atoms. The molecule has 1 aliphatic rings. The van der Waals surface area contributed by atoms with Crippen molar-refractivity contribution in [2.45, 2.75) is 32.0 Å². The molecule has 1 heterocycles. The van der Waals surface area contributed by atoms with Gasteiger partial charge in [0.25, 0.3) is 0 Å². The van der Waals surface area contributed by atoms with Crippen molar-refractivity contribution in [3.63, 3.8) is 0 Å². The molecule has 0 aromatic heterocycles. The van der Waals surface area contributed by atoms with Crippen LogP contribution in [0.15, 0.2) is 54.6 Å². The zero-order valence-corrected chi connectivity index (χ0v) is 15.9. The summed E-state index contributed by atoms with van der Waals surface area (Å²) in [5, 5.41) is 3.42. The van der Waals surface area contributed by atoms with Gasteiger partial charge in [0.05, 0.1) is 6.61 Å². The predicted molar refractivity (Wildman–Crippen MR) is 106 cm³/mol. The maximum Gasteiger partial charge on any atom is 0.352 e. The lowest BCUT2D eigenvalue weighted by Crippen LogP contribution is -2.29. The van der Waals surface area contributed by atoms with Gasteiger partial charge in [0.2, 0.25) is 6.10 Å². The summed E-state index contributed by atoms with van der Waals surface area (Å²) >= 11 is 0. The Hall–Kier alpha value is -3.41. The molecule has 0 amide bonds. The summed E-state index contributed by atoms with van der Waals surface area (Å²) in [6.07, 6.45) is -1.87. The van der Waals surface area contributed by atoms with E-state index in [1.807, 2.05) is 54.6 Å². The molecule has 4 rings (SSSR count). The molecular formula is C23H20O6. The van der Waals surface area contributed by atoms with Crippen LogP contribution in [0.5, 0.6) is 0 Å². The Bertz CT molecular complexity index is 1050. The molecule has 6 nitrogen and oxygen atoms in total. The third-order valence-electron chi connectivity index (χ3n) is 4.96. The van der Waals surface area contributed by atoms with Gasteiger partial charge >= 0.3 is 17.9 Å². The molecule has 1 saturated heterocycles. The average Bonchev–Trinajstić information content (AvgIpc) is 3.17. The number of fused-ring (bicyclic) bond motifs is 2. The summed E-state index contributed by atoms with van der Waals surface area (Å²) in [5.41, 5.74) is 0.565. The summed E-state index contributed by atoms with van der Waals surface area (Å²) in [7, 11) is 0. The summed E-state index contributed by atoms with van der Waals surface area (Å²) < 4.78 is 15.8. The van der Waals surface area contributed by atoms with Crippen molar-refractivity contribution >= 4 is 39.5 Å². The van der Waals surface area contributed by atoms with Gasteiger partial charge in [0, 0.05) is 18.4 Å². The van der Waals surface area contributed by atoms with Gasteiger partial charge in [-0.15, -0.1) is 0 Å². The van der Waals surface area contributed by atoms with E-state index in [4.69, 9.17) is 14.2 Å². The predicted octanol–water partition coefficient (Wildman–Crippen LogP) is 3.85. The lowest BCUT2D eigenvalue weighted by Gasteiger charge is -2.22. The van der Waals surface area contributed by atoms with Crippen LogP contribution in [0.4, 0.5) is 0 Å². The van der Waals surface area contributed by atoms with E-state index in [2.05, 4.69) is 0 Å². The van der Waals surface area contributed by atoms with Crippen LogP contribution in [0.2, 0.25) is 0 Å². The Kier molecular flexibility index (Phi) is 5.16. The molecule has 0 unspecified atom stereocenters. The van der Waals surface area contributed by atoms with E-state index in [1.165, 1.54) is 0 Å². The molecule has 0 aliphatic carbocycles. The topological polar surface area (TPSA) is 78.9 Å². The number of carbonyl (C=O) groups is 3. The fourth-order valence-corrected chi connectivity index (χ4v) is 3.66. The Labute approximate surface area is 167 Å². The van der Waals surface area contributed by atoms with Gasteiger partial charge in [-0.25, -0.2) is 9.59 Å². The molecule has 3 aromatic carbocycles. The Morgan fingerprint density at radius 2 is 1.69 bits per heavy atom. The molecule has 3 aromatic rings. The zero-order valence-electron chi connectivity index (χ0n) is 15.9. The molecule has 0 radical (unpaired) electrons. The van der Waals surface area contributed by atoms with E-state index in [9.17, 15) is 14.4 Å². The van der Waals surface area contributed by atoms with E-state index < -0.39 is 30.1 Å². The lowest BCUT2D eigenvalue weighted by atomic mass is 9.93. The van der Waals surface area contributed by atoms with Crippen LogP contribution >= 0.6 is 0 Å². The minimum atomic E-state index is -1.27. The second-order valence-electron chi connectivity index (χ2n) is 6.82. The first-order valence-corrected chi connectivity index (χ1v) is 9.55. The molecule has 6 heteroatoms. The van der Waals surface area contributed by atoms with Crippen LogP contribution in [-0.2, 0) is 28.6 Å². The summed E-state index contributed by atoms with van der Waals surface area (Å²) in [6.45, 7) is 1.84. The van der Waals surface area contributed by atoms with Gasteiger partial charge in [-0.05, 0) is 34.5 Å². The highest BCUT2D eigenvalue weighted by atomic mass is 16.6. The van der Waals surface area contributed by atoms with E-state index in [1.54, 1.807) is 6.92 Å². The van der Waals surface area contributed by atoms with Crippen molar-refractivity contribution in [1.82, 2.24) is 0 Å². The molecule has 1 aliphatic heterocycles. The molecule has 2 atom stereocenters. The minimum absolute atomic E-state index is 0.147. The number of esters is 3. The number of ether oxygens (including phenoxy) is 3. The third kappa shape index (κ3) is 3.66. The van der Waals surface area contributed by atoms with Crippen LogP contribution in [0, 0.1) is 0 Å². The van der Waals surface area contributed by atoms with E-state index in [0.717, 1.165) is 21.5 Å². The number of rotatable bonds is 5. The van der Waals surface area contributed by atoms with Crippen molar-refractivity contribution in [2.24, 2.45) is 0 Å². The highest BCUT2D eigenvalue weighted by Crippen LogP contribution is 2.35. The van der Waals surface area contributed by atoms with Gasteiger partial charge in [-0.1, -0.05) is 48.5 Å². The maximum atomic E-state index is 12.8. The van der Waals surface area contributed by atoms with Crippen molar-refractivity contribution in [3.8, 4) is 0 Å². The summed E-state index contributed by atoms with van der Waals surface area (Å²) in [6, 6.07) is 17.2. The minimum Gasteiger partial charge on any atom is -0.463 e. The largest absolute Gasteiger partial charge is 0.463 e. The Morgan fingerprint density at radius 1 is 1.07 bits per heavy atom. The highest BCUT2D eigenvalue weighted by molar-refractivity contribution is 6.05. The standard InChI is InChI=1S/C23H20O6/c1-2-27-23(26)21(29-22(25)18-11-12-19(24)28-18)20-16-9-5-3-7-14(16)13-15-8-4-6-10-17(15)20/h3-10,13,18,21H,2,11-12H2,1H3/t18-,21-/m1/s1. The fourth-order valence-electron chi connectivity index (χ4n) is 3.66. The van der Waals surface area contributed by atoms with E-state index in [-0.39, 0.29) is 19.4 Å². The first-order chi connectivity index (χ1) is 14.1. The monoisotopic (exact) mass is 392 g/mol. The molecular weight excluding hydrogens is 372 g/mol. The molecule has 0 N–H and O–H groups in total. The molecule has 0 saturated carbocycles. The summed E-state index contributed by atoms with van der Waals surface area (Å²) in [4.78, 5) is 36.9. The first kappa shape index (κ1) is 18.9. The number of hydrogen-bond acceptors (Lipinski definition) is 6. The van der Waals surface area contributed by atoms with E-state index >= 15 is 0 Å².